The molecule has 0 aliphatic rings. The number of anilines is 1. The van der Waals surface area contributed by atoms with Crippen LogP contribution in [0.25, 0.3) is 0 Å². The first kappa shape index (κ1) is 12.1. The van der Waals surface area contributed by atoms with Crippen LogP contribution in [-0.2, 0) is 6.54 Å². The van der Waals surface area contributed by atoms with E-state index >= 15 is 0 Å². The van der Waals surface area contributed by atoms with Crippen molar-refractivity contribution in [2.24, 2.45) is 5.92 Å². The molecule has 0 radical (unpaired) electrons. The van der Waals surface area contributed by atoms with Gasteiger partial charge in [0.25, 0.3) is 0 Å². The molecule has 0 aromatic heterocycles. The van der Waals surface area contributed by atoms with Gasteiger partial charge in [-0.2, -0.15) is 0 Å². The van der Waals surface area contributed by atoms with Gasteiger partial charge in [-0.1, -0.05) is 26.0 Å². The third-order valence-corrected chi connectivity index (χ3v) is 2.44. The Hall–Kier alpha value is -1.02. The Balaban J connectivity index is 2.12. The van der Waals surface area contributed by atoms with E-state index in [2.05, 4.69) is 31.3 Å². The molecular weight excluding hydrogens is 184 g/mol. The van der Waals surface area contributed by atoms with Crippen LogP contribution in [0.4, 0.5) is 5.69 Å². The maximum Gasteiger partial charge on any atom is 0.0314 e. The van der Waals surface area contributed by atoms with Gasteiger partial charge in [0.1, 0.15) is 0 Å². The predicted molar refractivity (Wildman–Crippen MR) is 66.6 cm³/mol. The summed E-state index contributed by atoms with van der Waals surface area (Å²) in [5.74, 6) is 0.809. The summed E-state index contributed by atoms with van der Waals surface area (Å²) < 4.78 is 0. The minimum absolute atomic E-state index is 0.809. The summed E-state index contributed by atoms with van der Waals surface area (Å²) in [6.45, 7) is 6.57. The second kappa shape index (κ2) is 6.46. The van der Waals surface area contributed by atoms with Gasteiger partial charge in [-0.15, -0.1) is 0 Å². The van der Waals surface area contributed by atoms with Gasteiger partial charge in [0.2, 0.25) is 0 Å². The van der Waals surface area contributed by atoms with Gasteiger partial charge in [0, 0.05) is 12.2 Å². The van der Waals surface area contributed by atoms with Crippen molar-refractivity contribution in [3.63, 3.8) is 0 Å². The van der Waals surface area contributed by atoms with Gasteiger partial charge in [-0.25, -0.2) is 0 Å². The topological polar surface area (TPSA) is 38.0 Å². The molecule has 3 N–H and O–H groups in total. The molecule has 0 atom stereocenters. The van der Waals surface area contributed by atoms with Gasteiger partial charge < -0.3 is 11.1 Å². The molecule has 0 aliphatic carbocycles. The zero-order chi connectivity index (χ0) is 11.1. The molecule has 0 aliphatic heterocycles. The molecule has 0 fully saturated rings. The highest BCUT2D eigenvalue weighted by Gasteiger charge is 1.94. The SMILES string of the molecule is CC(C)CCCNCc1ccc(N)cc1. The van der Waals surface area contributed by atoms with E-state index in [1.165, 1.54) is 18.4 Å². The number of hydrogen-bond donors (Lipinski definition) is 2. The van der Waals surface area contributed by atoms with E-state index in [0.717, 1.165) is 24.7 Å². The first-order valence-electron chi connectivity index (χ1n) is 5.73. The molecule has 1 aromatic rings. The largest absolute Gasteiger partial charge is 0.399 e. The van der Waals surface area contributed by atoms with Crippen molar-refractivity contribution < 1.29 is 0 Å². The van der Waals surface area contributed by atoms with E-state index in [-0.39, 0.29) is 0 Å². The molecule has 0 spiro atoms. The monoisotopic (exact) mass is 206 g/mol. The predicted octanol–water partition coefficient (Wildman–Crippen LogP) is 2.79. The number of hydrogen-bond acceptors (Lipinski definition) is 2. The smallest absolute Gasteiger partial charge is 0.0314 e. The minimum Gasteiger partial charge on any atom is -0.399 e. The van der Waals surface area contributed by atoms with Crippen molar-refractivity contribution in [3.8, 4) is 0 Å². The first-order chi connectivity index (χ1) is 7.18. The van der Waals surface area contributed by atoms with Gasteiger partial charge in [0.15, 0.2) is 0 Å². The fraction of sp³-hybridized carbons (Fsp3) is 0.538. The molecule has 0 saturated carbocycles. The molecule has 1 rings (SSSR count). The van der Waals surface area contributed by atoms with Crippen molar-refractivity contribution in [1.82, 2.24) is 5.32 Å². The molecule has 0 heterocycles. The second-order valence-electron chi connectivity index (χ2n) is 4.45. The van der Waals surface area contributed by atoms with E-state index in [1.54, 1.807) is 0 Å². The van der Waals surface area contributed by atoms with Crippen molar-refractivity contribution >= 4 is 5.69 Å². The lowest BCUT2D eigenvalue weighted by molar-refractivity contribution is 0.527. The lowest BCUT2D eigenvalue weighted by atomic mass is 10.1. The lowest BCUT2D eigenvalue weighted by Gasteiger charge is -2.06. The van der Waals surface area contributed by atoms with Crippen LogP contribution in [0.1, 0.15) is 32.3 Å². The normalized spacial score (nSPS) is 10.9. The van der Waals surface area contributed by atoms with Crippen molar-refractivity contribution in [2.45, 2.75) is 33.2 Å². The fourth-order valence-electron chi connectivity index (χ4n) is 1.50. The van der Waals surface area contributed by atoms with E-state index in [4.69, 9.17) is 5.73 Å². The van der Waals surface area contributed by atoms with Gasteiger partial charge >= 0.3 is 0 Å². The zero-order valence-electron chi connectivity index (χ0n) is 9.79. The Kier molecular flexibility index (Phi) is 5.19. The molecule has 84 valence electrons. The number of nitrogen functional groups attached to an aromatic ring is 1. The molecule has 1 aromatic carbocycles. The standard InChI is InChI=1S/C13H22N2/c1-11(2)4-3-9-15-10-12-5-7-13(14)8-6-12/h5-8,11,15H,3-4,9-10,14H2,1-2H3. The van der Waals surface area contributed by atoms with Crippen molar-refractivity contribution in [2.75, 3.05) is 12.3 Å². The Morgan fingerprint density at radius 1 is 1.20 bits per heavy atom. The van der Waals surface area contributed by atoms with Gasteiger partial charge in [-0.3, -0.25) is 0 Å². The summed E-state index contributed by atoms with van der Waals surface area (Å²) in [5.41, 5.74) is 7.75. The summed E-state index contributed by atoms with van der Waals surface area (Å²) in [6.07, 6.45) is 2.56. The molecule has 15 heavy (non-hydrogen) atoms. The highest BCUT2D eigenvalue weighted by molar-refractivity contribution is 5.39. The average Bonchev–Trinajstić information content (AvgIpc) is 2.20. The van der Waals surface area contributed by atoms with Gasteiger partial charge in [-0.05, 0) is 43.0 Å². The number of nitrogens with one attached hydrogen (secondary N) is 1. The van der Waals surface area contributed by atoms with Crippen LogP contribution in [0.3, 0.4) is 0 Å². The molecule has 2 heteroatoms. The molecule has 2 nitrogen and oxygen atoms in total. The third kappa shape index (κ3) is 5.43. The van der Waals surface area contributed by atoms with E-state index in [0.29, 0.717) is 0 Å². The van der Waals surface area contributed by atoms with Gasteiger partial charge in [0.05, 0.1) is 0 Å². The number of nitrogens with two attached hydrogens (primary N) is 1. The van der Waals surface area contributed by atoms with Crippen LogP contribution >= 0.6 is 0 Å². The number of benzene rings is 1. The van der Waals surface area contributed by atoms with Crippen molar-refractivity contribution in [3.05, 3.63) is 29.8 Å². The Morgan fingerprint density at radius 3 is 2.47 bits per heavy atom. The van der Waals surface area contributed by atoms with Crippen LogP contribution in [0.5, 0.6) is 0 Å². The first-order valence-corrected chi connectivity index (χ1v) is 5.73. The maximum atomic E-state index is 5.62. The minimum atomic E-state index is 0.809. The summed E-state index contributed by atoms with van der Waals surface area (Å²) in [4.78, 5) is 0. The van der Waals surface area contributed by atoms with Crippen LogP contribution in [0.15, 0.2) is 24.3 Å². The van der Waals surface area contributed by atoms with Crippen LogP contribution in [0, 0.1) is 5.92 Å². The second-order valence-corrected chi connectivity index (χ2v) is 4.45. The van der Waals surface area contributed by atoms with Crippen LogP contribution < -0.4 is 11.1 Å². The molecule has 0 bridgehead atoms. The number of rotatable bonds is 6. The van der Waals surface area contributed by atoms with E-state index in [1.807, 2.05) is 12.1 Å². The van der Waals surface area contributed by atoms with Crippen molar-refractivity contribution in [1.29, 1.82) is 0 Å². The molecule has 0 amide bonds. The Labute approximate surface area is 92.9 Å². The summed E-state index contributed by atoms with van der Waals surface area (Å²) in [6, 6.07) is 8.05. The average molecular weight is 206 g/mol. The summed E-state index contributed by atoms with van der Waals surface area (Å²) >= 11 is 0. The maximum absolute atomic E-state index is 5.62. The quantitative estimate of drug-likeness (QED) is 0.555. The highest BCUT2D eigenvalue weighted by Crippen LogP contribution is 2.05. The lowest BCUT2D eigenvalue weighted by Crippen LogP contribution is -2.15. The fourth-order valence-corrected chi connectivity index (χ4v) is 1.50. The van der Waals surface area contributed by atoms with E-state index < -0.39 is 0 Å². The van der Waals surface area contributed by atoms with E-state index in [9.17, 15) is 0 Å². The Morgan fingerprint density at radius 2 is 1.87 bits per heavy atom. The summed E-state index contributed by atoms with van der Waals surface area (Å²) in [5, 5.41) is 3.44. The zero-order valence-corrected chi connectivity index (χ0v) is 9.79. The summed E-state index contributed by atoms with van der Waals surface area (Å²) in [7, 11) is 0. The van der Waals surface area contributed by atoms with Crippen LogP contribution in [-0.4, -0.2) is 6.54 Å². The van der Waals surface area contributed by atoms with Crippen LogP contribution in [0.2, 0.25) is 0 Å². The molecule has 0 unspecified atom stereocenters. The Bertz CT molecular complexity index is 264. The highest BCUT2D eigenvalue weighted by atomic mass is 14.8. The third-order valence-electron chi connectivity index (χ3n) is 2.44. The molecular formula is C13H22N2. The molecule has 0 saturated heterocycles.